The van der Waals surface area contributed by atoms with Crippen molar-refractivity contribution in [2.45, 2.75) is 38.1 Å². The van der Waals surface area contributed by atoms with Crippen molar-refractivity contribution in [2.75, 3.05) is 44.7 Å². The van der Waals surface area contributed by atoms with E-state index in [2.05, 4.69) is 15.4 Å². The Morgan fingerprint density at radius 3 is 2.66 bits per heavy atom. The number of benzene rings is 1. The Bertz CT molecular complexity index is 1040. The van der Waals surface area contributed by atoms with Crippen molar-refractivity contribution in [3.8, 4) is 0 Å². The molecular weight excluding hydrogens is 432 g/mol. The minimum Gasteiger partial charge on any atom is -0.379 e. The van der Waals surface area contributed by atoms with E-state index < -0.39 is 15.9 Å². The SMILES string of the molecule is Cc1noc(C)c1S(=O)(=O)N1CCCC(C(=O)Nc2ccccc2CN2CCOCC2)C1. The number of anilines is 1. The molecule has 1 atom stereocenters. The lowest BCUT2D eigenvalue weighted by Gasteiger charge is -2.31. The van der Waals surface area contributed by atoms with Crippen LogP contribution < -0.4 is 5.32 Å². The van der Waals surface area contributed by atoms with Gasteiger partial charge in [-0.05, 0) is 38.3 Å². The Hall–Kier alpha value is -2.27. The van der Waals surface area contributed by atoms with E-state index in [1.165, 1.54) is 4.31 Å². The van der Waals surface area contributed by atoms with Crippen LogP contribution in [0.3, 0.4) is 0 Å². The highest BCUT2D eigenvalue weighted by Gasteiger charge is 2.36. The lowest BCUT2D eigenvalue weighted by molar-refractivity contribution is -0.120. The average Bonchev–Trinajstić information content (AvgIpc) is 3.14. The third-order valence-electron chi connectivity index (χ3n) is 6.09. The summed E-state index contributed by atoms with van der Waals surface area (Å²) in [5, 5.41) is 6.82. The molecule has 0 aliphatic carbocycles. The summed E-state index contributed by atoms with van der Waals surface area (Å²) in [4.78, 5) is 15.5. The molecule has 174 valence electrons. The second-order valence-electron chi connectivity index (χ2n) is 8.39. The molecule has 2 aliphatic heterocycles. The maximum absolute atomic E-state index is 13.2. The first-order chi connectivity index (χ1) is 15.4. The minimum absolute atomic E-state index is 0.106. The van der Waals surface area contributed by atoms with Crippen LogP contribution in [0, 0.1) is 19.8 Å². The van der Waals surface area contributed by atoms with Crippen LogP contribution in [0.4, 0.5) is 5.69 Å². The van der Waals surface area contributed by atoms with Crippen molar-refractivity contribution >= 4 is 21.6 Å². The fourth-order valence-corrected chi connectivity index (χ4v) is 6.18. The smallest absolute Gasteiger partial charge is 0.248 e. The standard InChI is InChI=1S/C22H30N4O5S/c1-16-21(17(2)31-24-16)32(28,29)26-9-5-7-19(15-26)22(27)23-20-8-4-3-6-18(20)14-25-10-12-30-13-11-25/h3-4,6,8,19H,5,7,9-15H2,1-2H3,(H,23,27). The predicted molar refractivity (Wildman–Crippen MR) is 119 cm³/mol. The van der Waals surface area contributed by atoms with Crippen LogP contribution in [0.5, 0.6) is 0 Å². The number of amides is 1. The summed E-state index contributed by atoms with van der Waals surface area (Å²) in [6.07, 6.45) is 1.27. The Morgan fingerprint density at radius 1 is 1.19 bits per heavy atom. The van der Waals surface area contributed by atoms with Crippen molar-refractivity contribution in [1.29, 1.82) is 0 Å². The molecule has 9 nitrogen and oxygen atoms in total. The van der Waals surface area contributed by atoms with E-state index >= 15 is 0 Å². The summed E-state index contributed by atoms with van der Waals surface area (Å²) in [7, 11) is -3.77. The molecule has 2 aromatic rings. The molecule has 1 unspecified atom stereocenters. The van der Waals surface area contributed by atoms with Crippen molar-refractivity contribution in [2.24, 2.45) is 5.92 Å². The number of aromatic nitrogens is 1. The van der Waals surface area contributed by atoms with Gasteiger partial charge in [0.15, 0.2) is 5.76 Å². The average molecular weight is 463 g/mol. The summed E-state index contributed by atoms with van der Waals surface area (Å²) in [5.41, 5.74) is 2.15. The van der Waals surface area contributed by atoms with Crippen molar-refractivity contribution < 1.29 is 22.5 Å². The van der Waals surface area contributed by atoms with Gasteiger partial charge in [0.2, 0.25) is 15.9 Å². The monoisotopic (exact) mass is 462 g/mol. The van der Waals surface area contributed by atoms with Gasteiger partial charge in [-0.3, -0.25) is 9.69 Å². The quantitative estimate of drug-likeness (QED) is 0.701. The Morgan fingerprint density at radius 2 is 1.94 bits per heavy atom. The number of nitrogens with zero attached hydrogens (tertiary/aromatic N) is 3. The molecule has 2 fully saturated rings. The van der Waals surface area contributed by atoms with Gasteiger partial charge < -0.3 is 14.6 Å². The maximum Gasteiger partial charge on any atom is 0.248 e. The van der Waals surface area contributed by atoms with E-state index in [-0.39, 0.29) is 23.1 Å². The Labute approximate surface area is 188 Å². The van der Waals surface area contributed by atoms with Crippen LogP contribution >= 0.6 is 0 Å². The fraction of sp³-hybridized carbons (Fsp3) is 0.545. The number of rotatable bonds is 6. The second kappa shape index (κ2) is 9.70. The first kappa shape index (κ1) is 22.9. The zero-order valence-corrected chi connectivity index (χ0v) is 19.4. The number of carbonyl (C=O) groups is 1. The number of hydrogen-bond donors (Lipinski definition) is 1. The number of nitrogens with one attached hydrogen (secondary N) is 1. The molecule has 0 radical (unpaired) electrons. The highest BCUT2D eigenvalue weighted by Crippen LogP contribution is 2.28. The number of ether oxygens (including phenoxy) is 1. The molecule has 1 N–H and O–H groups in total. The maximum atomic E-state index is 13.2. The van der Waals surface area contributed by atoms with Crippen molar-refractivity contribution in [3.63, 3.8) is 0 Å². The third-order valence-corrected chi connectivity index (χ3v) is 8.20. The highest BCUT2D eigenvalue weighted by molar-refractivity contribution is 7.89. The minimum atomic E-state index is -3.77. The Balaban J connectivity index is 1.45. The fourth-order valence-electron chi connectivity index (χ4n) is 4.36. The summed E-state index contributed by atoms with van der Waals surface area (Å²) in [6.45, 7) is 7.61. The Kier molecular flexibility index (Phi) is 6.94. The first-order valence-corrected chi connectivity index (χ1v) is 12.4. The molecule has 10 heteroatoms. The van der Waals surface area contributed by atoms with Gasteiger partial charge in [-0.15, -0.1) is 0 Å². The lowest BCUT2D eigenvalue weighted by Crippen LogP contribution is -2.44. The zero-order chi connectivity index (χ0) is 22.7. The second-order valence-corrected chi connectivity index (χ2v) is 10.3. The van der Waals surface area contributed by atoms with Crippen LogP contribution in [-0.4, -0.2) is 68.1 Å². The van der Waals surface area contributed by atoms with E-state index in [1.807, 2.05) is 24.3 Å². The number of para-hydroxylation sites is 1. The molecule has 0 bridgehead atoms. The largest absolute Gasteiger partial charge is 0.379 e. The summed E-state index contributed by atoms with van der Waals surface area (Å²) in [5.74, 6) is -0.306. The first-order valence-electron chi connectivity index (χ1n) is 11.0. The molecule has 32 heavy (non-hydrogen) atoms. The van der Waals surface area contributed by atoms with Gasteiger partial charge in [0.1, 0.15) is 10.6 Å². The zero-order valence-electron chi connectivity index (χ0n) is 18.5. The molecule has 1 amide bonds. The molecular formula is C22H30N4O5S. The van der Waals surface area contributed by atoms with E-state index in [0.29, 0.717) is 38.3 Å². The van der Waals surface area contributed by atoms with Crippen LogP contribution in [0.2, 0.25) is 0 Å². The number of aryl methyl sites for hydroxylation is 2. The predicted octanol–water partition coefficient (Wildman–Crippen LogP) is 2.16. The number of carbonyl (C=O) groups excluding carboxylic acids is 1. The van der Waals surface area contributed by atoms with Crippen LogP contribution in [0.15, 0.2) is 33.7 Å². The van der Waals surface area contributed by atoms with Crippen molar-refractivity contribution in [1.82, 2.24) is 14.4 Å². The van der Waals surface area contributed by atoms with Gasteiger partial charge in [0.05, 0.1) is 19.1 Å². The topological polar surface area (TPSA) is 105 Å². The molecule has 3 heterocycles. The van der Waals surface area contributed by atoms with Gasteiger partial charge >= 0.3 is 0 Å². The normalized spacial score (nSPS) is 20.9. The molecule has 0 saturated carbocycles. The van der Waals surface area contributed by atoms with Gasteiger partial charge in [-0.2, -0.15) is 4.31 Å². The van der Waals surface area contributed by atoms with E-state index in [9.17, 15) is 13.2 Å². The van der Waals surface area contributed by atoms with Gasteiger partial charge in [0, 0.05) is 38.4 Å². The summed E-state index contributed by atoms with van der Waals surface area (Å²) in [6, 6.07) is 7.77. The van der Waals surface area contributed by atoms with Gasteiger partial charge in [-0.1, -0.05) is 23.4 Å². The molecule has 2 aliphatic rings. The molecule has 1 aromatic heterocycles. The van der Waals surface area contributed by atoms with Crippen molar-refractivity contribution in [3.05, 3.63) is 41.3 Å². The van der Waals surface area contributed by atoms with Gasteiger partial charge in [0.25, 0.3) is 0 Å². The number of piperidine rings is 1. The van der Waals surface area contributed by atoms with Crippen LogP contribution in [-0.2, 0) is 26.1 Å². The molecule has 1 aromatic carbocycles. The van der Waals surface area contributed by atoms with E-state index in [4.69, 9.17) is 9.26 Å². The lowest BCUT2D eigenvalue weighted by atomic mass is 9.98. The third kappa shape index (κ3) is 4.88. The molecule has 2 saturated heterocycles. The van der Waals surface area contributed by atoms with Gasteiger partial charge in [-0.25, -0.2) is 8.42 Å². The van der Waals surface area contributed by atoms with E-state index in [1.54, 1.807) is 13.8 Å². The number of morpholine rings is 1. The number of hydrogen-bond acceptors (Lipinski definition) is 7. The molecule has 0 spiro atoms. The van der Waals surface area contributed by atoms with Crippen LogP contribution in [0.25, 0.3) is 0 Å². The highest BCUT2D eigenvalue weighted by atomic mass is 32.2. The van der Waals surface area contributed by atoms with Crippen LogP contribution in [0.1, 0.15) is 29.9 Å². The summed E-state index contributed by atoms with van der Waals surface area (Å²) < 4.78 is 38.2. The summed E-state index contributed by atoms with van der Waals surface area (Å²) >= 11 is 0. The molecule has 4 rings (SSSR count). The number of sulfonamides is 1. The van der Waals surface area contributed by atoms with E-state index in [0.717, 1.165) is 30.9 Å².